The van der Waals surface area contributed by atoms with Crippen LogP contribution in [-0.4, -0.2) is 17.7 Å². The van der Waals surface area contributed by atoms with Crippen molar-refractivity contribution < 1.29 is 27.8 Å². The Morgan fingerprint density at radius 2 is 2.07 bits per heavy atom. The van der Waals surface area contributed by atoms with Crippen molar-refractivity contribution in [3.8, 4) is 5.75 Å². The van der Waals surface area contributed by atoms with Gasteiger partial charge < -0.3 is 15.6 Å². The van der Waals surface area contributed by atoms with Crippen LogP contribution in [0, 0.1) is 5.82 Å². The molecule has 0 aromatic heterocycles. The predicted molar refractivity (Wildman–Crippen MR) is 44.4 cm³/mol. The van der Waals surface area contributed by atoms with Crippen LogP contribution in [-0.2, 0) is 0 Å². The molecular weight excluding hydrogens is 215 g/mol. The first-order valence-corrected chi connectivity index (χ1v) is 3.69. The molecule has 0 fully saturated rings. The molecule has 0 aliphatic heterocycles. The zero-order chi connectivity index (χ0) is 11.6. The van der Waals surface area contributed by atoms with Crippen molar-refractivity contribution in [1.82, 2.24) is 0 Å². The standard InChI is InChI=1S/C8H6F3NO3/c9-5-3(7(13)14)1-2-4(12)6(5)15-8(10)11/h1-2,8H,12H2,(H,13,14). The van der Waals surface area contributed by atoms with E-state index in [1.54, 1.807) is 0 Å². The summed E-state index contributed by atoms with van der Waals surface area (Å²) in [5.41, 5.74) is 3.98. The number of carboxylic acids is 1. The molecule has 0 heterocycles. The summed E-state index contributed by atoms with van der Waals surface area (Å²) in [5, 5.41) is 8.49. The minimum Gasteiger partial charge on any atom is -0.478 e. The van der Waals surface area contributed by atoms with Crippen molar-refractivity contribution in [3.05, 3.63) is 23.5 Å². The van der Waals surface area contributed by atoms with E-state index in [1.165, 1.54) is 0 Å². The number of carboxylic acid groups (broad SMARTS) is 1. The minimum atomic E-state index is -3.27. The summed E-state index contributed by atoms with van der Waals surface area (Å²) in [6, 6.07) is 1.84. The van der Waals surface area contributed by atoms with Gasteiger partial charge in [-0.2, -0.15) is 8.78 Å². The minimum absolute atomic E-state index is 0.391. The van der Waals surface area contributed by atoms with Crippen LogP contribution < -0.4 is 10.5 Å². The van der Waals surface area contributed by atoms with Crippen molar-refractivity contribution in [2.45, 2.75) is 6.61 Å². The zero-order valence-electron chi connectivity index (χ0n) is 7.21. The molecule has 0 aliphatic rings. The number of rotatable bonds is 3. The molecule has 0 amide bonds. The fourth-order valence-electron chi connectivity index (χ4n) is 0.945. The molecule has 0 aliphatic carbocycles. The number of nitrogens with two attached hydrogens (primary N) is 1. The van der Waals surface area contributed by atoms with Crippen molar-refractivity contribution in [2.24, 2.45) is 0 Å². The molecule has 0 spiro atoms. The molecule has 3 N–H and O–H groups in total. The summed E-state index contributed by atoms with van der Waals surface area (Å²) in [7, 11) is 0. The monoisotopic (exact) mass is 221 g/mol. The van der Waals surface area contributed by atoms with Crippen LogP contribution >= 0.6 is 0 Å². The molecule has 7 heteroatoms. The van der Waals surface area contributed by atoms with E-state index >= 15 is 0 Å². The lowest BCUT2D eigenvalue weighted by atomic mass is 10.2. The van der Waals surface area contributed by atoms with Gasteiger partial charge in [0.2, 0.25) is 0 Å². The lowest BCUT2D eigenvalue weighted by Gasteiger charge is -2.09. The molecule has 1 aromatic rings. The Bertz CT molecular complexity index is 395. The molecule has 1 aromatic carbocycles. The fourth-order valence-corrected chi connectivity index (χ4v) is 0.945. The topological polar surface area (TPSA) is 72.6 Å². The van der Waals surface area contributed by atoms with Gasteiger partial charge in [0.25, 0.3) is 0 Å². The third-order valence-corrected chi connectivity index (χ3v) is 1.56. The van der Waals surface area contributed by atoms with E-state index in [-0.39, 0.29) is 0 Å². The lowest BCUT2D eigenvalue weighted by Crippen LogP contribution is -2.10. The summed E-state index contributed by atoms with van der Waals surface area (Å²) < 4.78 is 40.6. The molecule has 1 rings (SSSR count). The lowest BCUT2D eigenvalue weighted by molar-refractivity contribution is -0.0517. The Kier molecular flexibility index (Phi) is 3.03. The average molecular weight is 221 g/mol. The highest BCUT2D eigenvalue weighted by atomic mass is 19.3. The van der Waals surface area contributed by atoms with Gasteiger partial charge in [-0.15, -0.1) is 0 Å². The van der Waals surface area contributed by atoms with Crippen LogP contribution in [0.3, 0.4) is 0 Å². The van der Waals surface area contributed by atoms with Crippen LogP contribution in [0.4, 0.5) is 18.9 Å². The maximum atomic E-state index is 13.2. The van der Waals surface area contributed by atoms with Crippen molar-refractivity contribution in [3.63, 3.8) is 0 Å². The Balaban J connectivity index is 3.24. The number of anilines is 1. The van der Waals surface area contributed by atoms with Gasteiger partial charge in [-0.3, -0.25) is 0 Å². The molecule has 4 nitrogen and oxygen atoms in total. The second kappa shape index (κ2) is 4.07. The Hall–Kier alpha value is -1.92. The summed E-state index contributed by atoms with van der Waals surface area (Å²) in [6.45, 7) is -3.27. The van der Waals surface area contributed by atoms with Crippen molar-refractivity contribution >= 4 is 11.7 Å². The molecule has 82 valence electrons. The Labute approximate surface area is 82.1 Å². The highest BCUT2D eigenvalue weighted by Crippen LogP contribution is 2.29. The normalized spacial score (nSPS) is 10.4. The molecule has 0 radical (unpaired) electrons. The summed E-state index contributed by atoms with van der Waals surface area (Å²) in [5.74, 6) is -3.96. The van der Waals surface area contributed by atoms with Gasteiger partial charge in [0.15, 0.2) is 11.6 Å². The van der Waals surface area contributed by atoms with Crippen LogP contribution in [0.1, 0.15) is 10.4 Å². The smallest absolute Gasteiger partial charge is 0.387 e. The largest absolute Gasteiger partial charge is 0.478 e. The predicted octanol–water partition coefficient (Wildman–Crippen LogP) is 1.71. The summed E-state index contributed by atoms with van der Waals surface area (Å²) >= 11 is 0. The molecule has 15 heavy (non-hydrogen) atoms. The van der Waals surface area contributed by atoms with Gasteiger partial charge in [0.05, 0.1) is 11.3 Å². The Morgan fingerprint density at radius 1 is 1.47 bits per heavy atom. The van der Waals surface area contributed by atoms with Crippen LogP contribution in [0.5, 0.6) is 5.75 Å². The number of nitrogen functional groups attached to an aromatic ring is 1. The maximum Gasteiger partial charge on any atom is 0.387 e. The number of hydrogen-bond donors (Lipinski definition) is 2. The number of benzene rings is 1. The van der Waals surface area contributed by atoms with Gasteiger partial charge in [-0.05, 0) is 12.1 Å². The molecular formula is C8H6F3NO3. The van der Waals surface area contributed by atoms with Gasteiger partial charge in [0, 0.05) is 0 Å². The molecule has 0 saturated heterocycles. The third kappa shape index (κ3) is 2.30. The van der Waals surface area contributed by atoms with Gasteiger partial charge in [-0.1, -0.05) is 0 Å². The first kappa shape index (κ1) is 11.2. The highest BCUT2D eigenvalue weighted by molar-refractivity contribution is 5.89. The van der Waals surface area contributed by atoms with Crippen LogP contribution in [0.15, 0.2) is 12.1 Å². The molecule has 0 unspecified atom stereocenters. The average Bonchev–Trinajstić information content (AvgIpc) is 2.11. The molecule has 0 bridgehead atoms. The van der Waals surface area contributed by atoms with E-state index in [9.17, 15) is 18.0 Å². The summed E-state index contributed by atoms with van der Waals surface area (Å²) in [6.07, 6.45) is 0. The number of ether oxygens (including phenoxy) is 1. The fraction of sp³-hybridized carbons (Fsp3) is 0.125. The second-order valence-electron chi connectivity index (χ2n) is 2.53. The zero-order valence-corrected chi connectivity index (χ0v) is 7.21. The first-order chi connectivity index (χ1) is 6.93. The van der Waals surface area contributed by atoms with E-state index in [2.05, 4.69) is 4.74 Å². The van der Waals surface area contributed by atoms with E-state index in [0.29, 0.717) is 0 Å². The Morgan fingerprint density at radius 3 is 2.53 bits per heavy atom. The van der Waals surface area contributed by atoms with Crippen molar-refractivity contribution in [1.29, 1.82) is 0 Å². The van der Waals surface area contributed by atoms with E-state index in [4.69, 9.17) is 10.8 Å². The highest BCUT2D eigenvalue weighted by Gasteiger charge is 2.20. The number of carbonyl (C=O) groups is 1. The number of hydrogen-bond acceptors (Lipinski definition) is 3. The number of aromatic carboxylic acids is 1. The quantitative estimate of drug-likeness (QED) is 0.762. The maximum absolute atomic E-state index is 13.2. The second-order valence-corrected chi connectivity index (χ2v) is 2.53. The number of alkyl halides is 2. The summed E-state index contributed by atoms with van der Waals surface area (Å²) in [4.78, 5) is 10.4. The van der Waals surface area contributed by atoms with Gasteiger partial charge >= 0.3 is 12.6 Å². The van der Waals surface area contributed by atoms with E-state index in [1.807, 2.05) is 0 Å². The van der Waals surface area contributed by atoms with E-state index < -0.39 is 35.4 Å². The first-order valence-electron chi connectivity index (χ1n) is 3.69. The molecule has 0 atom stereocenters. The third-order valence-electron chi connectivity index (χ3n) is 1.56. The van der Waals surface area contributed by atoms with E-state index in [0.717, 1.165) is 12.1 Å². The van der Waals surface area contributed by atoms with Crippen LogP contribution in [0.25, 0.3) is 0 Å². The van der Waals surface area contributed by atoms with Gasteiger partial charge in [-0.25, -0.2) is 9.18 Å². The van der Waals surface area contributed by atoms with Gasteiger partial charge in [0.1, 0.15) is 0 Å². The molecule has 0 saturated carbocycles. The SMILES string of the molecule is Nc1ccc(C(=O)O)c(F)c1OC(F)F. The van der Waals surface area contributed by atoms with Crippen LogP contribution in [0.2, 0.25) is 0 Å². The number of halogens is 3. The van der Waals surface area contributed by atoms with Crippen molar-refractivity contribution in [2.75, 3.05) is 5.73 Å².